The van der Waals surface area contributed by atoms with Crippen LogP contribution in [0.1, 0.15) is 47.0 Å². The molecule has 96 valence electrons. The Hall–Kier alpha value is -0.0900. The fraction of sp³-hybridized carbons (Fsp3) is 1.00. The van der Waals surface area contributed by atoms with Crippen LogP contribution in [0.25, 0.3) is 0 Å². The Kier molecular flexibility index (Phi) is 4.41. The lowest BCUT2D eigenvalue weighted by atomic mass is 9.77. The molecule has 0 aromatic carbocycles. The Morgan fingerprint density at radius 2 is 1.94 bits per heavy atom. The third-order valence-corrected chi connectivity index (χ3v) is 5.51. The zero-order valence-corrected chi connectivity index (χ0v) is 11.8. The number of hydrogen-bond donors (Lipinski definition) is 0. The number of piperidine rings is 1. The smallest absolute Gasteiger partial charge is 0.212 e. The van der Waals surface area contributed by atoms with E-state index in [1.165, 1.54) is 0 Å². The Balaban J connectivity index is 2.71. The van der Waals surface area contributed by atoms with E-state index in [9.17, 15) is 8.42 Å². The normalized spacial score (nSPS) is 24.6. The van der Waals surface area contributed by atoms with E-state index < -0.39 is 10.0 Å². The molecule has 1 rings (SSSR count). The zero-order valence-electron chi connectivity index (χ0n) is 11.0. The molecule has 0 aromatic rings. The maximum Gasteiger partial charge on any atom is 0.214 e. The molecule has 0 aliphatic carbocycles. The van der Waals surface area contributed by atoms with Gasteiger partial charge in [-0.25, -0.2) is 12.7 Å². The summed E-state index contributed by atoms with van der Waals surface area (Å²) < 4.78 is 25.7. The molecular formula is C12H25NO2S. The molecule has 0 saturated carbocycles. The van der Waals surface area contributed by atoms with Gasteiger partial charge >= 0.3 is 0 Å². The standard InChI is InChI=1S/C12H25NO2S/c1-5-9-16(14,15)13-8-6-7-11(10-13)12(2,3)4/h11H,5-10H2,1-4H3. The first-order valence-corrected chi connectivity index (χ1v) is 7.86. The molecule has 0 N–H and O–H groups in total. The molecule has 4 heteroatoms. The average Bonchev–Trinajstić information content (AvgIpc) is 2.16. The van der Waals surface area contributed by atoms with Crippen LogP contribution in [-0.2, 0) is 10.0 Å². The Labute approximate surface area is 100 Å². The molecule has 16 heavy (non-hydrogen) atoms. The fourth-order valence-electron chi connectivity index (χ4n) is 2.29. The molecule has 1 unspecified atom stereocenters. The van der Waals surface area contributed by atoms with Crippen LogP contribution in [0.2, 0.25) is 0 Å². The second-order valence-electron chi connectivity index (χ2n) is 5.88. The maximum absolute atomic E-state index is 12.0. The van der Waals surface area contributed by atoms with E-state index in [-0.39, 0.29) is 5.41 Å². The van der Waals surface area contributed by atoms with E-state index in [0.717, 1.165) is 19.4 Å². The molecule has 0 spiro atoms. The summed E-state index contributed by atoms with van der Waals surface area (Å²) in [6, 6.07) is 0. The van der Waals surface area contributed by atoms with Crippen LogP contribution in [0.3, 0.4) is 0 Å². The van der Waals surface area contributed by atoms with Gasteiger partial charge in [0.1, 0.15) is 0 Å². The van der Waals surface area contributed by atoms with E-state index in [1.54, 1.807) is 4.31 Å². The van der Waals surface area contributed by atoms with Crippen molar-refractivity contribution < 1.29 is 8.42 Å². The lowest BCUT2D eigenvalue weighted by Crippen LogP contribution is -2.44. The minimum Gasteiger partial charge on any atom is -0.212 e. The fourth-order valence-corrected chi connectivity index (χ4v) is 3.88. The predicted molar refractivity (Wildman–Crippen MR) is 67.8 cm³/mol. The van der Waals surface area contributed by atoms with Crippen molar-refractivity contribution in [2.75, 3.05) is 18.8 Å². The molecule has 1 aliphatic heterocycles. The topological polar surface area (TPSA) is 37.4 Å². The van der Waals surface area contributed by atoms with Crippen LogP contribution < -0.4 is 0 Å². The Morgan fingerprint density at radius 3 is 2.44 bits per heavy atom. The van der Waals surface area contributed by atoms with Crippen LogP contribution in [-0.4, -0.2) is 31.6 Å². The van der Waals surface area contributed by atoms with Gasteiger partial charge in [0.15, 0.2) is 0 Å². The molecule has 1 aliphatic rings. The van der Waals surface area contributed by atoms with E-state index in [2.05, 4.69) is 20.8 Å². The highest BCUT2D eigenvalue weighted by atomic mass is 32.2. The molecular weight excluding hydrogens is 222 g/mol. The van der Waals surface area contributed by atoms with Crippen LogP contribution in [0.4, 0.5) is 0 Å². The molecule has 3 nitrogen and oxygen atoms in total. The third kappa shape index (κ3) is 3.45. The first kappa shape index (κ1) is 14.0. The minimum atomic E-state index is -2.99. The summed E-state index contributed by atoms with van der Waals surface area (Å²) in [5.41, 5.74) is 0.209. The highest BCUT2D eigenvalue weighted by molar-refractivity contribution is 7.89. The Morgan fingerprint density at radius 1 is 1.31 bits per heavy atom. The third-order valence-electron chi connectivity index (χ3n) is 3.46. The van der Waals surface area contributed by atoms with Gasteiger partial charge in [0.2, 0.25) is 10.0 Å². The van der Waals surface area contributed by atoms with Crippen molar-refractivity contribution in [2.24, 2.45) is 11.3 Å². The van der Waals surface area contributed by atoms with Crippen LogP contribution in [0.5, 0.6) is 0 Å². The van der Waals surface area contributed by atoms with Crippen molar-refractivity contribution in [2.45, 2.75) is 47.0 Å². The van der Waals surface area contributed by atoms with Gasteiger partial charge in [-0.15, -0.1) is 0 Å². The van der Waals surface area contributed by atoms with E-state index in [1.807, 2.05) is 6.92 Å². The van der Waals surface area contributed by atoms with Crippen molar-refractivity contribution in [3.8, 4) is 0 Å². The molecule has 1 heterocycles. The van der Waals surface area contributed by atoms with Gasteiger partial charge in [0.25, 0.3) is 0 Å². The summed E-state index contributed by atoms with van der Waals surface area (Å²) in [5, 5.41) is 0. The van der Waals surface area contributed by atoms with E-state index in [4.69, 9.17) is 0 Å². The quantitative estimate of drug-likeness (QED) is 0.768. The maximum atomic E-state index is 12.0. The summed E-state index contributed by atoms with van der Waals surface area (Å²) in [5.74, 6) is 0.789. The number of sulfonamides is 1. The highest BCUT2D eigenvalue weighted by Crippen LogP contribution is 2.34. The van der Waals surface area contributed by atoms with Gasteiger partial charge in [0.05, 0.1) is 5.75 Å². The lowest BCUT2D eigenvalue weighted by Gasteiger charge is -2.39. The number of nitrogens with zero attached hydrogens (tertiary/aromatic N) is 1. The van der Waals surface area contributed by atoms with Crippen LogP contribution in [0.15, 0.2) is 0 Å². The van der Waals surface area contributed by atoms with Crippen molar-refractivity contribution >= 4 is 10.0 Å². The lowest BCUT2D eigenvalue weighted by molar-refractivity contribution is 0.148. The number of hydrogen-bond acceptors (Lipinski definition) is 2. The average molecular weight is 247 g/mol. The molecule has 1 saturated heterocycles. The molecule has 1 fully saturated rings. The largest absolute Gasteiger partial charge is 0.214 e. The SMILES string of the molecule is CCCS(=O)(=O)N1CCCC(C(C)(C)C)C1. The van der Waals surface area contributed by atoms with Crippen molar-refractivity contribution in [1.82, 2.24) is 4.31 Å². The summed E-state index contributed by atoms with van der Waals surface area (Å²) in [4.78, 5) is 0. The molecule has 0 radical (unpaired) electrons. The van der Waals surface area contributed by atoms with Gasteiger partial charge in [-0.1, -0.05) is 27.7 Å². The summed E-state index contributed by atoms with van der Waals surface area (Å²) in [7, 11) is -2.99. The van der Waals surface area contributed by atoms with Gasteiger partial charge in [0, 0.05) is 13.1 Å². The Bertz CT molecular complexity index is 316. The van der Waals surface area contributed by atoms with Gasteiger partial charge in [-0.2, -0.15) is 0 Å². The number of rotatable bonds is 3. The van der Waals surface area contributed by atoms with E-state index >= 15 is 0 Å². The second kappa shape index (κ2) is 5.05. The van der Waals surface area contributed by atoms with Crippen LogP contribution in [0, 0.1) is 11.3 Å². The van der Waals surface area contributed by atoms with E-state index in [0.29, 0.717) is 24.6 Å². The highest BCUT2D eigenvalue weighted by Gasteiger charge is 2.33. The van der Waals surface area contributed by atoms with Crippen molar-refractivity contribution in [3.05, 3.63) is 0 Å². The summed E-state index contributed by atoms with van der Waals surface area (Å²) in [6.07, 6.45) is 2.87. The predicted octanol–water partition coefficient (Wildman–Crippen LogP) is 2.48. The van der Waals surface area contributed by atoms with Crippen molar-refractivity contribution in [1.29, 1.82) is 0 Å². The summed E-state index contributed by atoms with van der Waals surface area (Å²) >= 11 is 0. The van der Waals surface area contributed by atoms with Crippen LogP contribution >= 0.6 is 0 Å². The monoisotopic (exact) mass is 247 g/mol. The molecule has 0 amide bonds. The zero-order chi connectivity index (χ0) is 12.4. The van der Waals surface area contributed by atoms with Crippen molar-refractivity contribution in [3.63, 3.8) is 0 Å². The molecule has 1 atom stereocenters. The first-order chi connectivity index (χ1) is 7.27. The second-order valence-corrected chi connectivity index (χ2v) is 7.97. The molecule has 0 bridgehead atoms. The minimum absolute atomic E-state index is 0.209. The first-order valence-electron chi connectivity index (χ1n) is 6.25. The van der Waals surface area contributed by atoms with Gasteiger partial charge in [-0.3, -0.25) is 0 Å². The molecule has 0 aromatic heterocycles. The van der Waals surface area contributed by atoms with Gasteiger partial charge < -0.3 is 0 Å². The van der Waals surface area contributed by atoms with Gasteiger partial charge in [-0.05, 0) is 30.6 Å². The summed E-state index contributed by atoms with van der Waals surface area (Å²) in [6.45, 7) is 9.96.